The molecule has 0 spiro atoms. The average Bonchev–Trinajstić information content (AvgIpc) is 3.12. The quantitative estimate of drug-likeness (QED) is 0.0860. The topological polar surface area (TPSA) is 96.5 Å². The second-order valence-corrected chi connectivity index (χ2v) is 12.4. The van der Waals surface area contributed by atoms with Crippen LogP contribution in [0, 0.1) is 6.92 Å². The van der Waals surface area contributed by atoms with Crippen LogP contribution in [0.4, 0.5) is 11.4 Å². The second-order valence-electron chi connectivity index (χ2n) is 11.2. The Balaban J connectivity index is 1.41. The van der Waals surface area contributed by atoms with Gasteiger partial charge >= 0.3 is 0 Å². The zero-order valence-corrected chi connectivity index (χ0v) is 28.6. The number of rotatable bonds is 13. The summed E-state index contributed by atoms with van der Waals surface area (Å²) < 4.78 is 5.77. The fraction of sp³-hybridized carbons (Fsp3) is 0.146. The lowest BCUT2D eigenvalue weighted by Crippen LogP contribution is -2.30. The van der Waals surface area contributed by atoms with Crippen LogP contribution in [-0.4, -0.2) is 24.3 Å². The number of hydrogen-bond acceptors (Lipinski definition) is 5. The summed E-state index contributed by atoms with van der Waals surface area (Å²) in [6, 6.07) is 39.0. The van der Waals surface area contributed by atoms with Crippen LogP contribution >= 0.6 is 11.8 Å². The minimum Gasteiger partial charge on any atom is -0.493 e. The summed E-state index contributed by atoms with van der Waals surface area (Å²) in [6.07, 6.45) is 2.40. The SMILES string of the molecule is CCOc1ccccc1/C=C(/NC(=O)c1ccccc1)C(=O)Nc1cccc(SC(C(=O)Nc2c(C)cccc2CC)c2ccccc2)c1. The molecular weight excluding hydrogens is 631 g/mol. The number of carbonyl (C=O) groups is 3. The molecule has 0 aliphatic heterocycles. The van der Waals surface area contributed by atoms with Crippen molar-refractivity contribution in [2.24, 2.45) is 0 Å². The van der Waals surface area contributed by atoms with E-state index < -0.39 is 17.1 Å². The Kier molecular flexibility index (Phi) is 12.0. The van der Waals surface area contributed by atoms with Crippen LogP contribution in [0.15, 0.2) is 138 Å². The van der Waals surface area contributed by atoms with E-state index in [2.05, 4.69) is 22.9 Å². The summed E-state index contributed by atoms with van der Waals surface area (Å²) in [5.41, 5.74) is 5.37. The van der Waals surface area contributed by atoms with Gasteiger partial charge in [0, 0.05) is 27.4 Å². The molecule has 5 rings (SSSR count). The van der Waals surface area contributed by atoms with E-state index in [9.17, 15) is 14.4 Å². The van der Waals surface area contributed by atoms with Crippen LogP contribution in [0.2, 0.25) is 0 Å². The van der Waals surface area contributed by atoms with Crippen LogP contribution in [0.25, 0.3) is 6.08 Å². The first-order valence-electron chi connectivity index (χ1n) is 16.2. The molecule has 0 fully saturated rings. The Labute approximate surface area is 291 Å². The zero-order valence-electron chi connectivity index (χ0n) is 27.7. The van der Waals surface area contributed by atoms with Gasteiger partial charge in [0.25, 0.3) is 11.8 Å². The van der Waals surface area contributed by atoms with Gasteiger partial charge in [-0.2, -0.15) is 0 Å². The van der Waals surface area contributed by atoms with Crippen molar-refractivity contribution in [1.29, 1.82) is 0 Å². The van der Waals surface area contributed by atoms with Crippen molar-refractivity contribution in [3.8, 4) is 5.75 Å². The molecule has 0 saturated heterocycles. The van der Waals surface area contributed by atoms with E-state index in [1.807, 2.05) is 111 Å². The Morgan fingerprint density at radius 3 is 2.20 bits per heavy atom. The number of nitrogens with one attached hydrogen (secondary N) is 3. The number of thioether (sulfide) groups is 1. The molecule has 5 aromatic rings. The molecule has 0 aliphatic carbocycles. The lowest BCUT2D eigenvalue weighted by atomic mass is 10.1. The Morgan fingerprint density at radius 1 is 0.776 bits per heavy atom. The molecule has 0 saturated carbocycles. The molecule has 0 radical (unpaired) electrons. The highest BCUT2D eigenvalue weighted by Crippen LogP contribution is 2.38. The molecule has 248 valence electrons. The summed E-state index contributed by atoms with van der Waals surface area (Å²) in [4.78, 5) is 41.7. The smallest absolute Gasteiger partial charge is 0.272 e. The fourth-order valence-electron chi connectivity index (χ4n) is 5.26. The first-order valence-corrected chi connectivity index (χ1v) is 17.1. The first-order chi connectivity index (χ1) is 23.9. The monoisotopic (exact) mass is 669 g/mol. The highest BCUT2D eigenvalue weighted by atomic mass is 32.2. The van der Waals surface area contributed by atoms with E-state index in [0.717, 1.165) is 33.7 Å². The number of carbonyl (C=O) groups excluding carboxylic acids is 3. The van der Waals surface area contributed by atoms with Crippen molar-refractivity contribution in [2.75, 3.05) is 17.2 Å². The molecule has 3 N–H and O–H groups in total. The maximum Gasteiger partial charge on any atom is 0.272 e. The standard InChI is InChI=1S/C41H39N3O4S/c1-4-29-22-14-16-28(3)37(29)44-41(47)38(30-17-8-6-9-18-30)49-34-24-15-23-33(27-34)42-40(46)35(43-39(45)31-19-10-7-11-20-31)26-32-21-12-13-25-36(32)48-5-2/h6-27,38H,4-5H2,1-3H3,(H,42,46)(H,43,45)(H,44,47)/b35-26+. The van der Waals surface area contributed by atoms with E-state index in [0.29, 0.717) is 29.2 Å². The molecule has 5 aromatic carbocycles. The minimum atomic E-state index is -0.563. The molecule has 8 heteroatoms. The van der Waals surface area contributed by atoms with Crippen molar-refractivity contribution in [3.63, 3.8) is 0 Å². The van der Waals surface area contributed by atoms with Crippen LogP contribution in [0.3, 0.4) is 0 Å². The normalized spacial score (nSPS) is 11.7. The molecule has 3 amide bonds. The predicted molar refractivity (Wildman–Crippen MR) is 199 cm³/mol. The lowest BCUT2D eigenvalue weighted by Gasteiger charge is -2.20. The van der Waals surface area contributed by atoms with Gasteiger partial charge in [-0.05, 0) is 79.4 Å². The lowest BCUT2D eigenvalue weighted by molar-refractivity contribution is -0.116. The highest BCUT2D eigenvalue weighted by Gasteiger charge is 2.24. The van der Waals surface area contributed by atoms with Crippen LogP contribution in [0.5, 0.6) is 5.75 Å². The van der Waals surface area contributed by atoms with Gasteiger partial charge in [0.05, 0.1) is 6.61 Å². The Morgan fingerprint density at radius 2 is 1.47 bits per heavy atom. The van der Waals surface area contributed by atoms with Gasteiger partial charge in [0.15, 0.2) is 0 Å². The number of hydrogen-bond donors (Lipinski definition) is 3. The van der Waals surface area contributed by atoms with Crippen molar-refractivity contribution in [2.45, 2.75) is 37.3 Å². The highest BCUT2D eigenvalue weighted by molar-refractivity contribution is 8.00. The molecule has 0 aromatic heterocycles. The van der Waals surface area contributed by atoms with Gasteiger partial charge < -0.3 is 20.7 Å². The molecule has 0 bridgehead atoms. The van der Waals surface area contributed by atoms with Gasteiger partial charge in [0.2, 0.25) is 5.91 Å². The number of amides is 3. The molecular formula is C41H39N3O4S. The van der Waals surface area contributed by atoms with E-state index >= 15 is 0 Å². The molecule has 0 aliphatic rings. The van der Waals surface area contributed by atoms with Gasteiger partial charge in [-0.3, -0.25) is 14.4 Å². The maximum atomic E-state index is 13.9. The van der Waals surface area contributed by atoms with Gasteiger partial charge in [0.1, 0.15) is 16.7 Å². The fourth-order valence-corrected chi connectivity index (χ4v) is 6.34. The third-order valence-electron chi connectivity index (χ3n) is 7.72. The minimum absolute atomic E-state index is 0.0468. The number of benzene rings is 5. The Bertz CT molecular complexity index is 1940. The van der Waals surface area contributed by atoms with Crippen LogP contribution < -0.4 is 20.7 Å². The number of aryl methyl sites for hydroxylation is 2. The maximum absolute atomic E-state index is 13.9. The summed E-state index contributed by atoms with van der Waals surface area (Å²) in [5, 5.41) is 8.36. The van der Waals surface area contributed by atoms with Crippen molar-refractivity contribution < 1.29 is 19.1 Å². The predicted octanol–water partition coefficient (Wildman–Crippen LogP) is 8.84. The summed E-state index contributed by atoms with van der Waals surface area (Å²) in [7, 11) is 0. The van der Waals surface area contributed by atoms with E-state index in [1.165, 1.54) is 11.8 Å². The zero-order chi connectivity index (χ0) is 34.6. The van der Waals surface area contributed by atoms with E-state index in [4.69, 9.17) is 4.74 Å². The Hall–Kier alpha value is -5.60. The summed E-state index contributed by atoms with van der Waals surface area (Å²) in [5.74, 6) is -0.486. The first kappa shape index (κ1) is 34.7. The van der Waals surface area contributed by atoms with Crippen LogP contribution in [0.1, 0.15) is 51.7 Å². The van der Waals surface area contributed by atoms with Gasteiger partial charge in [-0.1, -0.05) is 97.9 Å². The summed E-state index contributed by atoms with van der Waals surface area (Å²) in [6.45, 7) is 6.39. The molecule has 1 unspecified atom stereocenters. The van der Waals surface area contributed by atoms with Crippen molar-refractivity contribution in [3.05, 3.63) is 161 Å². The van der Waals surface area contributed by atoms with Gasteiger partial charge in [-0.15, -0.1) is 11.8 Å². The van der Waals surface area contributed by atoms with E-state index in [1.54, 1.807) is 36.4 Å². The van der Waals surface area contributed by atoms with Crippen molar-refractivity contribution >= 4 is 46.9 Å². The molecule has 7 nitrogen and oxygen atoms in total. The van der Waals surface area contributed by atoms with Crippen LogP contribution in [-0.2, 0) is 16.0 Å². The summed E-state index contributed by atoms with van der Waals surface area (Å²) >= 11 is 1.39. The third-order valence-corrected chi connectivity index (χ3v) is 8.97. The molecule has 49 heavy (non-hydrogen) atoms. The van der Waals surface area contributed by atoms with Gasteiger partial charge in [-0.25, -0.2) is 0 Å². The van der Waals surface area contributed by atoms with Crippen molar-refractivity contribution in [1.82, 2.24) is 5.32 Å². The number of anilines is 2. The third kappa shape index (κ3) is 9.27. The number of para-hydroxylation sites is 2. The largest absolute Gasteiger partial charge is 0.493 e. The van der Waals surface area contributed by atoms with E-state index in [-0.39, 0.29) is 11.6 Å². The second kappa shape index (κ2) is 17.0. The molecule has 1 atom stereocenters. The molecule has 0 heterocycles. The average molecular weight is 670 g/mol. The number of ether oxygens (including phenoxy) is 1.